The van der Waals surface area contributed by atoms with E-state index in [0.29, 0.717) is 18.8 Å². The van der Waals surface area contributed by atoms with Crippen LogP contribution in [0.5, 0.6) is 5.75 Å². The molecule has 1 aromatic carbocycles. The molecule has 0 bridgehead atoms. The molecule has 0 aliphatic heterocycles. The van der Waals surface area contributed by atoms with Gasteiger partial charge in [0.1, 0.15) is 32.2 Å². The van der Waals surface area contributed by atoms with Crippen molar-refractivity contribution in [3.63, 3.8) is 0 Å². The summed E-state index contributed by atoms with van der Waals surface area (Å²) in [5.74, 6) is -0.149. The normalized spacial score (nSPS) is 16.3. The van der Waals surface area contributed by atoms with Crippen LogP contribution in [0.3, 0.4) is 0 Å². The monoisotopic (exact) mass is 576 g/mol. The molecular formula is C30H44N2O9. The molecule has 0 aromatic heterocycles. The summed E-state index contributed by atoms with van der Waals surface area (Å²) in [5, 5.41) is 5.50. The summed E-state index contributed by atoms with van der Waals surface area (Å²) < 4.78 is 25.8. The van der Waals surface area contributed by atoms with Gasteiger partial charge in [-0.25, -0.2) is 19.2 Å². The summed E-state index contributed by atoms with van der Waals surface area (Å²) in [6.07, 6.45) is 4.96. The van der Waals surface area contributed by atoms with E-state index < -0.39 is 30.2 Å². The van der Waals surface area contributed by atoms with Crippen molar-refractivity contribution in [2.24, 2.45) is 11.8 Å². The van der Waals surface area contributed by atoms with Gasteiger partial charge in [0.15, 0.2) is 6.10 Å². The SMILES string of the molecule is C=CC(=O)OCCOC(=O)NCC1CCCC(CNC(=O)OC(COC(=O)C=C)COc2ccccc2)C1.CCC. The second kappa shape index (κ2) is 21.8. The molecular weight excluding hydrogens is 532 g/mol. The molecule has 0 heterocycles. The summed E-state index contributed by atoms with van der Waals surface area (Å²) in [7, 11) is 0. The minimum absolute atomic E-state index is 0.00577. The first-order valence-electron chi connectivity index (χ1n) is 13.9. The van der Waals surface area contributed by atoms with Gasteiger partial charge in [0, 0.05) is 25.2 Å². The molecule has 1 saturated carbocycles. The second-order valence-corrected chi connectivity index (χ2v) is 9.36. The lowest BCUT2D eigenvalue weighted by atomic mass is 9.81. The molecule has 1 aliphatic rings. The fourth-order valence-electron chi connectivity index (χ4n) is 3.86. The molecule has 1 aliphatic carbocycles. The molecule has 1 aromatic rings. The van der Waals surface area contributed by atoms with Crippen molar-refractivity contribution in [1.82, 2.24) is 10.6 Å². The van der Waals surface area contributed by atoms with Crippen LogP contribution in [0.15, 0.2) is 55.6 Å². The Labute approximate surface area is 242 Å². The van der Waals surface area contributed by atoms with Gasteiger partial charge in [0.05, 0.1) is 0 Å². The van der Waals surface area contributed by atoms with Crippen LogP contribution in [0.25, 0.3) is 0 Å². The highest BCUT2D eigenvalue weighted by Gasteiger charge is 2.24. The van der Waals surface area contributed by atoms with Crippen molar-refractivity contribution in [1.29, 1.82) is 0 Å². The van der Waals surface area contributed by atoms with E-state index >= 15 is 0 Å². The van der Waals surface area contributed by atoms with E-state index in [1.54, 1.807) is 12.1 Å². The molecule has 0 radical (unpaired) electrons. The molecule has 1 fully saturated rings. The fourth-order valence-corrected chi connectivity index (χ4v) is 3.86. The Bertz CT molecular complexity index is 939. The maximum atomic E-state index is 12.4. The van der Waals surface area contributed by atoms with E-state index in [4.69, 9.17) is 23.7 Å². The Morgan fingerprint density at radius 3 is 2.02 bits per heavy atom. The zero-order valence-electron chi connectivity index (χ0n) is 24.1. The lowest BCUT2D eigenvalue weighted by Gasteiger charge is -2.29. The van der Waals surface area contributed by atoms with Crippen molar-refractivity contribution in [2.45, 2.75) is 52.1 Å². The van der Waals surface area contributed by atoms with Gasteiger partial charge in [0.2, 0.25) is 0 Å². The Morgan fingerprint density at radius 2 is 1.41 bits per heavy atom. The molecule has 3 unspecified atom stereocenters. The minimum atomic E-state index is -0.811. The van der Waals surface area contributed by atoms with Gasteiger partial charge in [-0.1, -0.05) is 58.0 Å². The quantitative estimate of drug-likeness (QED) is 0.133. The number of amides is 2. The Morgan fingerprint density at radius 1 is 0.854 bits per heavy atom. The van der Waals surface area contributed by atoms with Gasteiger partial charge in [-0.2, -0.15) is 0 Å². The lowest BCUT2D eigenvalue weighted by molar-refractivity contribution is -0.141. The molecule has 11 heteroatoms. The number of nitrogens with one attached hydrogen (secondary N) is 2. The highest BCUT2D eigenvalue weighted by molar-refractivity contribution is 5.81. The van der Waals surface area contributed by atoms with Crippen molar-refractivity contribution in [3.05, 3.63) is 55.6 Å². The van der Waals surface area contributed by atoms with Crippen LogP contribution >= 0.6 is 0 Å². The summed E-state index contributed by atoms with van der Waals surface area (Å²) >= 11 is 0. The van der Waals surface area contributed by atoms with Gasteiger partial charge in [-0.05, 0) is 43.2 Å². The van der Waals surface area contributed by atoms with Gasteiger partial charge in [-0.3, -0.25) is 0 Å². The number of ether oxygens (including phenoxy) is 5. The van der Waals surface area contributed by atoms with Crippen LogP contribution in [0.1, 0.15) is 46.0 Å². The summed E-state index contributed by atoms with van der Waals surface area (Å²) in [6.45, 7) is 11.5. The summed E-state index contributed by atoms with van der Waals surface area (Å²) in [6, 6.07) is 9.01. The van der Waals surface area contributed by atoms with Gasteiger partial charge in [0.25, 0.3) is 0 Å². The predicted molar refractivity (Wildman–Crippen MR) is 153 cm³/mol. The topological polar surface area (TPSA) is 138 Å². The number of benzene rings is 1. The van der Waals surface area contributed by atoms with E-state index in [2.05, 4.69) is 37.6 Å². The van der Waals surface area contributed by atoms with Crippen LogP contribution in [0.4, 0.5) is 9.59 Å². The van der Waals surface area contributed by atoms with E-state index in [1.807, 2.05) is 18.2 Å². The first-order chi connectivity index (χ1) is 19.8. The number of carbonyl (C=O) groups excluding carboxylic acids is 4. The van der Waals surface area contributed by atoms with Crippen LogP contribution in [0, 0.1) is 11.8 Å². The molecule has 2 rings (SSSR count). The maximum absolute atomic E-state index is 12.4. The van der Waals surface area contributed by atoms with E-state index in [0.717, 1.165) is 37.8 Å². The van der Waals surface area contributed by atoms with Crippen molar-refractivity contribution in [2.75, 3.05) is 39.5 Å². The predicted octanol–water partition coefficient (Wildman–Crippen LogP) is 4.57. The largest absolute Gasteiger partial charge is 0.490 e. The van der Waals surface area contributed by atoms with Crippen LogP contribution in [-0.4, -0.2) is 69.7 Å². The smallest absolute Gasteiger partial charge is 0.407 e. The molecule has 0 spiro atoms. The van der Waals surface area contributed by atoms with Crippen LogP contribution in [-0.2, 0) is 28.5 Å². The third kappa shape index (κ3) is 17.3. The average molecular weight is 577 g/mol. The van der Waals surface area contributed by atoms with Gasteiger partial charge < -0.3 is 34.3 Å². The Kier molecular flexibility index (Phi) is 18.6. The molecule has 3 atom stereocenters. The number of alkyl carbamates (subject to hydrolysis) is 2. The van der Waals surface area contributed by atoms with E-state index in [-0.39, 0.29) is 38.3 Å². The van der Waals surface area contributed by atoms with Crippen molar-refractivity contribution in [3.8, 4) is 5.75 Å². The van der Waals surface area contributed by atoms with Gasteiger partial charge >= 0.3 is 24.1 Å². The first-order valence-corrected chi connectivity index (χ1v) is 13.9. The molecule has 0 saturated heterocycles. The van der Waals surface area contributed by atoms with Gasteiger partial charge in [-0.15, -0.1) is 0 Å². The number of carbonyl (C=O) groups is 4. The highest BCUT2D eigenvalue weighted by atomic mass is 16.6. The second-order valence-electron chi connectivity index (χ2n) is 9.36. The molecule has 228 valence electrons. The highest BCUT2D eigenvalue weighted by Crippen LogP contribution is 2.28. The summed E-state index contributed by atoms with van der Waals surface area (Å²) in [5.41, 5.74) is 0. The third-order valence-electron chi connectivity index (χ3n) is 5.72. The Hall–Kier alpha value is -4.02. The van der Waals surface area contributed by atoms with Crippen molar-refractivity contribution >= 4 is 24.1 Å². The summed E-state index contributed by atoms with van der Waals surface area (Å²) in [4.78, 5) is 46.7. The van der Waals surface area contributed by atoms with Crippen LogP contribution in [0.2, 0.25) is 0 Å². The number of esters is 2. The Balaban J connectivity index is 0.00000268. The molecule has 41 heavy (non-hydrogen) atoms. The number of hydrogen-bond donors (Lipinski definition) is 2. The zero-order chi connectivity index (χ0) is 30.3. The van der Waals surface area contributed by atoms with E-state index in [9.17, 15) is 19.2 Å². The molecule has 2 amide bonds. The van der Waals surface area contributed by atoms with Crippen LogP contribution < -0.4 is 15.4 Å². The maximum Gasteiger partial charge on any atom is 0.407 e. The number of rotatable bonds is 15. The van der Waals surface area contributed by atoms with Crippen molar-refractivity contribution < 1.29 is 42.9 Å². The standard InChI is InChI=1S/C27H36N2O9.C3H8/c1-3-24(30)34-13-14-35-26(32)28-16-20-9-8-10-21(15-20)17-29-27(33)38-23(19-37-25(31)4-2)18-36-22-11-6-5-7-12-22;1-3-2/h3-7,11-12,20-21,23H,1-2,8-10,13-19H2,(H,28,32)(H,29,33);3H2,1-2H3. The fraction of sp³-hybridized carbons (Fsp3) is 0.533. The number of para-hydroxylation sites is 1. The average Bonchev–Trinajstić information content (AvgIpc) is 2.99. The zero-order valence-corrected chi connectivity index (χ0v) is 24.1. The molecule has 11 nitrogen and oxygen atoms in total. The molecule has 2 N–H and O–H groups in total. The lowest BCUT2D eigenvalue weighted by Crippen LogP contribution is -2.39. The minimum Gasteiger partial charge on any atom is -0.490 e. The first kappa shape index (κ1) is 35.0. The number of hydrogen-bond acceptors (Lipinski definition) is 9. The third-order valence-corrected chi connectivity index (χ3v) is 5.72. The van der Waals surface area contributed by atoms with E-state index in [1.165, 1.54) is 6.42 Å².